The van der Waals surface area contributed by atoms with Crippen molar-refractivity contribution in [2.45, 2.75) is 32.9 Å². The van der Waals surface area contributed by atoms with Crippen LogP contribution >= 0.6 is 11.3 Å². The third kappa shape index (κ3) is 3.38. The van der Waals surface area contributed by atoms with Gasteiger partial charge in [-0.05, 0) is 18.9 Å². The van der Waals surface area contributed by atoms with Crippen LogP contribution in [0.25, 0.3) is 0 Å². The normalized spacial score (nSPS) is 12.6. The summed E-state index contributed by atoms with van der Waals surface area (Å²) >= 11 is 1.72. The van der Waals surface area contributed by atoms with Crippen LogP contribution in [0.1, 0.15) is 35.7 Å². The number of hydrogen-bond acceptors (Lipinski definition) is 3. The third-order valence-corrected chi connectivity index (χ3v) is 3.74. The number of aryl methyl sites for hydroxylation is 1. The number of nitrogens with zero attached hydrogens (tertiary/aromatic N) is 1. The van der Waals surface area contributed by atoms with E-state index in [1.807, 2.05) is 6.92 Å². The molecule has 0 amide bonds. The fraction of sp³-hybridized carbons (Fsp3) is 0.357. The molecule has 0 fully saturated rings. The standard InChI is InChI=1S/C14H18N2S/c1-3-13(12-7-5-4-6-8-12)15-9-14-16-11(2)10-17-14/h4-8,10,13,15H,3,9H2,1-2H3. The molecule has 2 rings (SSSR count). The minimum Gasteiger partial charge on any atom is -0.304 e. The molecule has 2 nitrogen and oxygen atoms in total. The summed E-state index contributed by atoms with van der Waals surface area (Å²) in [5.41, 5.74) is 2.46. The van der Waals surface area contributed by atoms with E-state index < -0.39 is 0 Å². The van der Waals surface area contributed by atoms with E-state index in [4.69, 9.17) is 0 Å². The highest BCUT2D eigenvalue weighted by molar-refractivity contribution is 7.09. The van der Waals surface area contributed by atoms with Crippen molar-refractivity contribution in [1.29, 1.82) is 0 Å². The van der Waals surface area contributed by atoms with Gasteiger partial charge in [-0.2, -0.15) is 0 Å². The van der Waals surface area contributed by atoms with Gasteiger partial charge in [-0.15, -0.1) is 11.3 Å². The Labute approximate surface area is 107 Å². The van der Waals surface area contributed by atoms with Crippen LogP contribution in [0.5, 0.6) is 0 Å². The van der Waals surface area contributed by atoms with Gasteiger partial charge >= 0.3 is 0 Å². The zero-order chi connectivity index (χ0) is 12.1. The molecule has 1 heterocycles. The Bertz CT molecular complexity index is 450. The van der Waals surface area contributed by atoms with E-state index in [-0.39, 0.29) is 0 Å². The molecule has 0 saturated carbocycles. The molecule has 0 aliphatic rings. The summed E-state index contributed by atoms with van der Waals surface area (Å²) in [5.74, 6) is 0. The first-order valence-electron chi connectivity index (χ1n) is 5.99. The van der Waals surface area contributed by atoms with E-state index in [9.17, 15) is 0 Å². The Morgan fingerprint density at radius 3 is 2.65 bits per heavy atom. The Kier molecular flexibility index (Phi) is 4.29. The highest BCUT2D eigenvalue weighted by Gasteiger charge is 2.08. The second-order valence-corrected chi connectivity index (χ2v) is 5.08. The predicted molar refractivity (Wildman–Crippen MR) is 73.2 cm³/mol. The molecule has 17 heavy (non-hydrogen) atoms. The van der Waals surface area contributed by atoms with E-state index >= 15 is 0 Å². The van der Waals surface area contributed by atoms with Crippen LogP contribution in [0.2, 0.25) is 0 Å². The molecule has 3 heteroatoms. The first-order valence-corrected chi connectivity index (χ1v) is 6.87. The van der Waals surface area contributed by atoms with Crippen molar-refractivity contribution in [3.05, 3.63) is 52.0 Å². The number of rotatable bonds is 5. The lowest BCUT2D eigenvalue weighted by molar-refractivity contribution is 0.518. The SMILES string of the molecule is CCC(NCc1nc(C)cs1)c1ccccc1. The van der Waals surface area contributed by atoms with Crippen molar-refractivity contribution >= 4 is 11.3 Å². The molecule has 0 radical (unpaired) electrons. The molecule has 0 aliphatic carbocycles. The molecule has 1 aromatic carbocycles. The number of hydrogen-bond donors (Lipinski definition) is 1. The van der Waals surface area contributed by atoms with Crippen molar-refractivity contribution < 1.29 is 0 Å². The molecule has 1 aromatic heterocycles. The molecule has 90 valence electrons. The van der Waals surface area contributed by atoms with Gasteiger partial charge < -0.3 is 5.32 Å². The fourth-order valence-corrected chi connectivity index (χ4v) is 2.60. The molecule has 1 N–H and O–H groups in total. The van der Waals surface area contributed by atoms with Crippen LogP contribution < -0.4 is 5.32 Å². The first-order chi connectivity index (χ1) is 8.29. The quantitative estimate of drug-likeness (QED) is 0.870. The summed E-state index contributed by atoms with van der Waals surface area (Å²) in [5, 5.41) is 6.82. The monoisotopic (exact) mass is 246 g/mol. The van der Waals surface area contributed by atoms with Gasteiger partial charge in [0.15, 0.2) is 0 Å². The molecule has 0 aliphatic heterocycles. The lowest BCUT2D eigenvalue weighted by atomic mass is 10.1. The summed E-state index contributed by atoms with van der Waals surface area (Å²) in [7, 11) is 0. The molecule has 0 bridgehead atoms. The van der Waals surface area contributed by atoms with E-state index in [0.717, 1.165) is 23.7 Å². The largest absolute Gasteiger partial charge is 0.304 e. The Morgan fingerprint density at radius 1 is 1.29 bits per heavy atom. The summed E-state index contributed by atoms with van der Waals surface area (Å²) in [6, 6.07) is 11.0. The summed E-state index contributed by atoms with van der Waals surface area (Å²) in [6.07, 6.45) is 1.09. The highest BCUT2D eigenvalue weighted by Crippen LogP contribution is 2.17. The van der Waals surface area contributed by atoms with Crippen LogP contribution in [0.4, 0.5) is 0 Å². The smallest absolute Gasteiger partial charge is 0.107 e. The number of thiazole rings is 1. The predicted octanol–water partition coefficient (Wildman–Crippen LogP) is 3.69. The van der Waals surface area contributed by atoms with Crippen molar-refractivity contribution in [3.8, 4) is 0 Å². The van der Waals surface area contributed by atoms with Crippen LogP contribution in [0.15, 0.2) is 35.7 Å². The van der Waals surface area contributed by atoms with Crippen molar-refractivity contribution in [1.82, 2.24) is 10.3 Å². The van der Waals surface area contributed by atoms with E-state index in [1.54, 1.807) is 11.3 Å². The molecular formula is C14H18N2S. The second kappa shape index (κ2) is 5.94. The molecule has 0 saturated heterocycles. The van der Waals surface area contributed by atoms with Gasteiger partial charge in [0.25, 0.3) is 0 Å². The zero-order valence-electron chi connectivity index (χ0n) is 10.3. The minimum absolute atomic E-state index is 0.417. The average molecular weight is 246 g/mol. The van der Waals surface area contributed by atoms with Crippen molar-refractivity contribution in [2.24, 2.45) is 0 Å². The maximum atomic E-state index is 4.47. The average Bonchev–Trinajstić information content (AvgIpc) is 2.77. The zero-order valence-corrected chi connectivity index (χ0v) is 11.1. The molecule has 1 unspecified atom stereocenters. The highest BCUT2D eigenvalue weighted by atomic mass is 32.1. The fourth-order valence-electron chi connectivity index (χ4n) is 1.88. The van der Waals surface area contributed by atoms with E-state index in [1.165, 1.54) is 5.56 Å². The van der Waals surface area contributed by atoms with E-state index in [0.29, 0.717) is 6.04 Å². The minimum atomic E-state index is 0.417. The Balaban J connectivity index is 1.97. The van der Waals surface area contributed by atoms with Gasteiger partial charge in [0.05, 0.1) is 0 Å². The lowest BCUT2D eigenvalue weighted by Gasteiger charge is -2.16. The van der Waals surface area contributed by atoms with Gasteiger partial charge in [0.1, 0.15) is 5.01 Å². The lowest BCUT2D eigenvalue weighted by Crippen LogP contribution is -2.20. The topological polar surface area (TPSA) is 24.9 Å². The number of benzene rings is 1. The van der Waals surface area contributed by atoms with Gasteiger partial charge in [0, 0.05) is 23.7 Å². The molecular weight excluding hydrogens is 228 g/mol. The Morgan fingerprint density at radius 2 is 2.06 bits per heavy atom. The maximum absolute atomic E-state index is 4.47. The molecule has 2 aromatic rings. The molecule has 1 atom stereocenters. The summed E-state index contributed by atoms with van der Waals surface area (Å²) in [6.45, 7) is 5.10. The van der Waals surface area contributed by atoms with Gasteiger partial charge in [-0.3, -0.25) is 0 Å². The maximum Gasteiger partial charge on any atom is 0.107 e. The van der Waals surface area contributed by atoms with Crippen molar-refractivity contribution in [2.75, 3.05) is 0 Å². The van der Waals surface area contributed by atoms with E-state index in [2.05, 4.69) is 52.9 Å². The van der Waals surface area contributed by atoms with Crippen LogP contribution in [-0.2, 0) is 6.54 Å². The second-order valence-electron chi connectivity index (χ2n) is 4.14. The van der Waals surface area contributed by atoms with Crippen LogP contribution in [0, 0.1) is 6.92 Å². The van der Waals surface area contributed by atoms with Gasteiger partial charge in [-0.1, -0.05) is 37.3 Å². The summed E-state index contributed by atoms with van der Waals surface area (Å²) in [4.78, 5) is 4.47. The van der Waals surface area contributed by atoms with Gasteiger partial charge in [0.2, 0.25) is 0 Å². The van der Waals surface area contributed by atoms with Crippen LogP contribution in [0.3, 0.4) is 0 Å². The van der Waals surface area contributed by atoms with Crippen molar-refractivity contribution in [3.63, 3.8) is 0 Å². The number of nitrogens with one attached hydrogen (secondary N) is 1. The van der Waals surface area contributed by atoms with Gasteiger partial charge in [-0.25, -0.2) is 4.98 Å². The third-order valence-electron chi connectivity index (χ3n) is 2.78. The molecule has 0 spiro atoms. The Hall–Kier alpha value is -1.19. The first kappa shape index (κ1) is 12.3. The van der Waals surface area contributed by atoms with Crippen LogP contribution in [-0.4, -0.2) is 4.98 Å². The summed E-state index contributed by atoms with van der Waals surface area (Å²) < 4.78 is 0. The number of aromatic nitrogens is 1.